The van der Waals surface area contributed by atoms with Gasteiger partial charge in [-0.2, -0.15) is 0 Å². The molecule has 3 heterocycles. The Morgan fingerprint density at radius 2 is 2.08 bits per heavy atom. The van der Waals surface area contributed by atoms with E-state index in [0.717, 1.165) is 68.5 Å². The highest BCUT2D eigenvalue weighted by atomic mass is 16.5. The highest BCUT2D eigenvalue weighted by Crippen LogP contribution is 2.27. The monoisotopic (exact) mass is 341 g/mol. The number of hydrogen-bond acceptors (Lipinski definition) is 6. The first-order valence-electron chi connectivity index (χ1n) is 9.04. The lowest BCUT2D eigenvalue weighted by Crippen LogP contribution is -2.41. The van der Waals surface area contributed by atoms with E-state index in [9.17, 15) is 4.79 Å². The van der Waals surface area contributed by atoms with Crippen molar-refractivity contribution in [3.05, 3.63) is 35.1 Å². The van der Waals surface area contributed by atoms with Crippen LogP contribution in [-0.4, -0.2) is 39.0 Å². The molecule has 7 nitrogen and oxygen atoms in total. The molecule has 0 aromatic carbocycles. The Morgan fingerprint density at radius 1 is 1.24 bits per heavy atom. The first-order chi connectivity index (χ1) is 12.2. The van der Waals surface area contributed by atoms with Crippen LogP contribution in [0.15, 0.2) is 16.9 Å². The zero-order valence-electron chi connectivity index (χ0n) is 14.3. The average Bonchev–Trinajstić information content (AvgIpc) is 3.07. The largest absolute Gasteiger partial charge is 0.382 e. The SMILES string of the molecule is Nc1nccnc1CC1CCCN(C(=O)c2noc3c2CCCC3)C1. The van der Waals surface area contributed by atoms with Crippen molar-refractivity contribution < 1.29 is 9.32 Å². The van der Waals surface area contributed by atoms with Crippen LogP contribution in [0, 0.1) is 5.92 Å². The standard InChI is InChI=1S/C18H23N5O2/c19-17-14(20-7-8-21-17)10-12-4-3-9-23(11-12)18(24)16-13-5-1-2-6-15(13)25-22-16/h7-8,12H,1-6,9-11H2,(H2,19,21). The van der Waals surface area contributed by atoms with Crippen molar-refractivity contribution in [3.8, 4) is 0 Å². The molecule has 0 saturated carbocycles. The Morgan fingerprint density at radius 3 is 2.96 bits per heavy atom. The van der Waals surface area contributed by atoms with Gasteiger partial charge in [0.05, 0.1) is 5.69 Å². The molecule has 0 radical (unpaired) electrons. The summed E-state index contributed by atoms with van der Waals surface area (Å²) in [5, 5.41) is 4.09. The number of nitrogens with zero attached hydrogens (tertiary/aromatic N) is 4. The Labute approximate surface area is 146 Å². The predicted octanol–water partition coefficient (Wildman–Crippen LogP) is 2.02. The van der Waals surface area contributed by atoms with Crippen molar-refractivity contribution in [2.75, 3.05) is 18.8 Å². The maximum atomic E-state index is 12.9. The number of aryl methyl sites for hydroxylation is 1. The van der Waals surface area contributed by atoms with Gasteiger partial charge in [-0.05, 0) is 44.4 Å². The predicted molar refractivity (Wildman–Crippen MR) is 91.9 cm³/mol. The molecule has 1 atom stereocenters. The molecule has 4 rings (SSSR count). The number of carbonyl (C=O) groups excluding carboxylic acids is 1. The highest BCUT2D eigenvalue weighted by Gasteiger charge is 2.30. The third-order valence-corrected chi connectivity index (χ3v) is 5.25. The summed E-state index contributed by atoms with van der Waals surface area (Å²) in [6.45, 7) is 1.48. The summed E-state index contributed by atoms with van der Waals surface area (Å²) in [7, 11) is 0. The fourth-order valence-electron chi connectivity index (χ4n) is 3.93. The first kappa shape index (κ1) is 16.1. The zero-order chi connectivity index (χ0) is 17.2. The molecule has 0 bridgehead atoms. The first-order valence-corrected chi connectivity index (χ1v) is 9.04. The summed E-state index contributed by atoms with van der Waals surface area (Å²) in [6.07, 6.45) is 10.1. The van der Waals surface area contributed by atoms with Crippen LogP contribution in [0.5, 0.6) is 0 Å². The van der Waals surface area contributed by atoms with E-state index in [1.165, 1.54) is 0 Å². The Hall–Kier alpha value is -2.44. The molecule has 1 fully saturated rings. The number of rotatable bonds is 3. The lowest BCUT2D eigenvalue weighted by atomic mass is 9.92. The molecule has 2 aliphatic rings. The highest BCUT2D eigenvalue weighted by molar-refractivity contribution is 5.94. The molecular formula is C18H23N5O2. The number of nitrogens with two attached hydrogens (primary N) is 1. The molecule has 1 amide bonds. The molecule has 2 N–H and O–H groups in total. The van der Waals surface area contributed by atoms with E-state index in [1.54, 1.807) is 12.4 Å². The minimum absolute atomic E-state index is 0.00344. The van der Waals surface area contributed by atoms with Crippen LogP contribution < -0.4 is 5.73 Å². The third-order valence-electron chi connectivity index (χ3n) is 5.25. The molecular weight excluding hydrogens is 318 g/mol. The summed E-state index contributed by atoms with van der Waals surface area (Å²) < 4.78 is 5.40. The number of amides is 1. The lowest BCUT2D eigenvalue weighted by molar-refractivity contribution is 0.0661. The number of fused-ring (bicyclic) bond motifs is 1. The minimum atomic E-state index is 0.00344. The van der Waals surface area contributed by atoms with Gasteiger partial charge < -0.3 is 15.2 Å². The fraction of sp³-hybridized carbons (Fsp3) is 0.556. The maximum Gasteiger partial charge on any atom is 0.276 e. The van der Waals surface area contributed by atoms with Crippen molar-refractivity contribution in [2.24, 2.45) is 5.92 Å². The number of likely N-dealkylation sites (tertiary alicyclic amines) is 1. The Bertz CT molecular complexity index is 773. The van der Waals surface area contributed by atoms with Crippen LogP contribution in [-0.2, 0) is 19.3 Å². The van der Waals surface area contributed by atoms with Gasteiger partial charge >= 0.3 is 0 Å². The van der Waals surface area contributed by atoms with Gasteiger partial charge in [0.25, 0.3) is 5.91 Å². The maximum absolute atomic E-state index is 12.9. The number of carbonyl (C=O) groups is 1. The minimum Gasteiger partial charge on any atom is -0.382 e. The van der Waals surface area contributed by atoms with Crippen LogP contribution >= 0.6 is 0 Å². The smallest absolute Gasteiger partial charge is 0.276 e. The summed E-state index contributed by atoms with van der Waals surface area (Å²) in [6, 6.07) is 0. The fourth-order valence-corrected chi connectivity index (χ4v) is 3.93. The molecule has 7 heteroatoms. The molecule has 1 aliphatic carbocycles. The summed E-state index contributed by atoms with van der Waals surface area (Å²) in [4.78, 5) is 23.3. The van der Waals surface area contributed by atoms with E-state index in [-0.39, 0.29) is 5.91 Å². The third kappa shape index (κ3) is 3.23. The molecule has 25 heavy (non-hydrogen) atoms. The van der Waals surface area contributed by atoms with Gasteiger partial charge in [-0.15, -0.1) is 0 Å². The summed E-state index contributed by atoms with van der Waals surface area (Å²) in [5.74, 6) is 1.73. The number of aromatic nitrogens is 3. The molecule has 2 aromatic rings. The van der Waals surface area contributed by atoms with Crippen molar-refractivity contribution in [1.82, 2.24) is 20.0 Å². The number of hydrogen-bond donors (Lipinski definition) is 1. The zero-order valence-corrected chi connectivity index (χ0v) is 14.3. The van der Waals surface area contributed by atoms with E-state index in [0.29, 0.717) is 24.0 Å². The van der Waals surface area contributed by atoms with Crippen molar-refractivity contribution in [2.45, 2.75) is 44.9 Å². The van der Waals surface area contributed by atoms with Crippen LogP contribution in [0.25, 0.3) is 0 Å². The van der Waals surface area contributed by atoms with Crippen LogP contribution in [0.4, 0.5) is 5.82 Å². The second-order valence-corrected chi connectivity index (χ2v) is 6.99. The lowest BCUT2D eigenvalue weighted by Gasteiger charge is -2.32. The molecule has 2 aromatic heterocycles. The second kappa shape index (κ2) is 6.82. The number of anilines is 1. The quantitative estimate of drug-likeness (QED) is 0.917. The average molecular weight is 341 g/mol. The molecule has 1 saturated heterocycles. The van der Waals surface area contributed by atoms with Crippen LogP contribution in [0.2, 0.25) is 0 Å². The van der Waals surface area contributed by atoms with Gasteiger partial charge in [0.2, 0.25) is 0 Å². The van der Waals surface area contributed by atoms with Gasteiger partial charge in [-0.25, -0.2) is 4.98 Å². The Balaban J connectivity index is 1.47. The molecule has 132 valence electrons. The normalized spacial score (nSPS) is 20.3. The molecule has 1 unspecified atom stereocenters. The van der Waals surface area contributed by atoms with E-state index in [1.807, 2.05) is 4.90 Å². The van der Waals surface area contributed by atoms with Crippen LogP contribution in [0.1, 0.15) is 53.2 Å². The number of nitrogen functional groups attached to an aromatic ring is 1. The molecule has 0 spiro atoms. The van der Waals surface area contributed by atoms with Gasteiger partial charge in [0.1, 0.15) is 11.6 Å². The van der Waals surface area contributed by atoms with Crippen molar-refractivity contribution in [3.63, 3.8) is 0 Å². The van der Waals surface area contributed by atoms with Crippen LogP contribution in [0.3, 0.4) is 0 Å². The topological polar surface area (TPSA) is 98.1 Å². The molecule has 1 aliphatic heterocycles. The Kier molecular flexibility index (Phi) is 4.38. The van der Waals surface area contributed by atoms with Gasteiger partial charge in [0, 0.05) is 37.5 Å². The van der Waals surface area contributed by atoms with Gasteiger partial charge in [0.15, 0.2) is 5.69 Å². The van der Waals surface area contributed by atoms with E-state index >= 15 is 0 Å². The van der Waals surface area contributed by atoms with Crippen molar-refractivity contribution >= 4 is 11.7 Å². The van der Waals surface area contributed by atoms with Gasteiger partial charge in [-0.3, -0.25) is 9.78 Å². The van der Waals surface area contributed by atoms with E-state index < -0.39 is 0 Å². The summed E-state index contributed by atoms with van der Waals surface area (Å²) >= 11 is 0. The summed E-state index contributed by atoms with van der Waals surface area (Å²) in [5.41, 5.74) is 8.28. The van der Waals surface area contributed by atoms with Crippen molar-refractivity contribution in [1.29, 1.82) is 0 Å². The van der Waals surface area contributed by atoms with E-state index in [4.69, 9.17) is 10.3 Å². The van der Waals surface area contributed by atoms with Gasteiger partial charge in [-0.1, -0.05) is 5.16 Å². The van der Waals surface area contributed by atoms with E-state index in [2.05, 4.69) is 15.1 Å². The second-order valence-electron chi connectivity index (χ2n) is 6.99. The number of piperidine rings is 1.